The lowest BCUT2D eigenvalue weighted by atomic mass is 10.0. The third-order valence-electron chi connectivity index (χ3n) is 3.74. The monoisotopic (exact) mass is 263 g/mol. The van der Waals surface area contributed by atoms with E-state index in [2.05, 4.69) is 34.3 Å². The summed E-state index contributed by atoms with van der Waals surface area (Å²) in [5, 5.41) is 3.41. The highest BCUT2D eigenvalue weighted by atomic mass is 16.5. The molecule has 4 nitrogen and oxygen atoms in total. The van der Waals surface area contributed by atoms with Crippen molar-refractivity contribution < 1.29 is 4.74 Å². The van der Waals surface area contributed by atoms with Crippen LogP contribution in [0.5, 0.6) is 0 Å². The van der Waals surface area contributed by atoms with E-state index in [-0.39, 0.29) is 6.10 Å². The Kier molecular flexibility index (Phi) is 5.76. The fraction of sp³-hybridized carbons (Fsp3) is 0.667. The molecule has 0 radical (unpaired) electrons. The molecule has 2 atom stereocenters. The number of pyridine rings is 1. The minimum absolute atomic E-state index is 0.276. The van der Waals surface area contributed by atoms with Crippen LogP contribution >= 0.6 is 0 Å². The number of ether oxygens (including phenoxy) is 1. The molecule has 19 heavy (non-hydrogen) atoms. The number of rotatable bonds is 6. The van der Waals surface area contributed by atoms with E-state index in [1.54, 1.807) is 0 Å². The highest BCUT2D eigenvalue weighted by Crippen LogP contribution is 2.13. The van der Waals surface area contributed by atoms with Crippen molar-refractivity contribution in [3.63, 3.8) is 0 Å². The lowest BCUT2D eigenvalue weighted by Crippen LogP contribution is -2.52. The van der Waals surface area contributed by atoms with E-state index in [0.29, 0.717) is 6.04 Å². The van der Waals surface area contributed by atoms with Gasteiger partial charge < -0.3 is 10.1 Å². The Balaban J connectivity index is 1.93. The van der Waals surface area contributed by atoms with Crippen LogP contribution in [0.15, 0.2) is 24.5 Å². The molecule has 0 aliphatic carbocycles. The fourth-order valence-corrected chi connectivity index (χ4v) is 2.69. The Morgan fingerprint density at radius 3 is 2.95 bits per heavy atom. The van der Waals surface area contributed by atoms with Gasteiger partial charge in [-0.15, -0.1) is 0 Å². The molecule has 1 aromatic heterocycles. The largest absolute Gasteiger partial charge is 0.374 e. The molecule has 1 aromatic rings. The number of likely N-dealkylation sites (N-methyl/N-ethyl adjacent to an activating group) is 1. The van der Waals surface area contributed by atoms with Gasteiger partial charge in [-0.05, 0) is 44.1 Å². The van der Waals surface area contributed by atoms with Crippen molar-refractivity contribution in [3.8, 4) is 0 Å². The third-order valence-corrected chi connectivity index (χ3v) is 3.74. The second kappa shape index (κ2) is 7.58. The van der Waals surface area contributed by atoms with Gasteiger partial charge in [-0.3, -0.25) is 9.88 Å². The van der Waals surface area contributed by atoms with Crippen LogP contribution in [0, 0.1) is 0 Å². The van der Waals surface area contributed by atoms with Gasteiger partial charge in [-0.1, -0.05) is 6.92 Å². The van der Waals surface area contributed by atoms with E-state index in [9.17, 15) is 0 Å². The quantitative estimate of drug-likeness (QED) is 0.840. The minimum atomic E-state index is 0.276. The van der Waals surface area contributed by atoms with E-state index in [0.717, 1.165) is 26.1 Å². The van der Waals surface area contributed by atoms with E-state index in [1.165, 1.54) is 18.5 Å². The molecule has 4 heteroatoms. The van der Waals surface area contributed by atoms with E-state index in [1.807, 2.05) is 19.4 Å². The molecule has 1 aliphatic heterocycles. The van der Waals surface area contributed by atoms with Gasteiger partial charge in [0.05, 0.1) is 12.7 Å². The molecule has 1 saturated heterocycles. The molecule has 106 valence electrons. The van der Waals surface area contributed by atoms with Crippen LogP contribution < -0.4 is 5.32 Å². The molecule has 0 amide bonds. The van der Waals surface area contributed by atoms with Crippen LogP contribution in [-0.2, 0) is 11.2 Å². The first kappa shape index (κ1) is 14.4. The second-order valence-corrected chi connectivity index (χ2v) is 5.16. The zero-order valence-corrected chi connectivity index (χ0v) is 12.0. The summed E-state index contributed by atoms with van der Waals surface area (Å²) in [6.07, 6.45) is 6.18. The Bertz CT molecular complexity index is 356. The first-order chi connectivity index (χ1) is 9.33. The Hall–Kier alpha value is -0.970. The van der Waals surface area contributed by atoms with Gasteiger partial charge >= 0.3 is 0 Å². The summed E-state index contributed by atoms with van der Waals surface area (Å²) in [6, 6.07) is 4.52. The maximum atomic E-state index is 5.96. The van der Waals surface area contributed by atoms with Gasteiger partial charge in [0, 0.05) is 31.5 Å². The smallest absolute Gasteiger partial charge is 0.0858 e. The van der Waals surface area contributed by atoms with E-state index in [4.69, 9.17) is 4.74 Å². The maximum Gasteiger partial charge on any atom is 0.0858 e. The number of aromatic nitrogens is 1. The molecule has 0 aromatic carbocycles. The van der Waals surface area contributed by atoms with E-state index < -0.39 is 0 Å². The van der Waals surface area contributed by atoms with Crippen LogP contribution in [0.25, 0.3) is 0 Å². The van der Waals surface area contributed by atoms with Crippen LogP contribution in [0.4, 0.5) is 0 Å². The first-order valence-electron chi connectivity index (χ1n) is 7.23. The predicted octanol–water partition coefficient (Wildman–Crippen LogP) is 1.32. The molecule has 1 N–H and O–H groups in total. The lowest BCUT2D eigenvalue weighted by Gasteiger charge is -2.37. The molecule has 1 fully saturated rings. The van der Waals surface area contributed by atoms with Gasteiger partial charge in [-0.25, -0.2) is 0 Å². The highest BCUT2D eigenvalue weighted by Gasteiger charge is 2.26. The summed E-state index contributed by atoms with van der Waals surface area (Å²) in [5.41, 5.74) is 1.31. The van der Waals surface area contributed by atoms with Crippen LogP contribution in [0.3, 0.4) is 0 Å². The summed E-state index contributed by atoms with van der Waals surface area (Å²) < 4.78 is 5.96. The minimum Gasteiger partial charge on any atom is -0.374 e. The Morgan fingerprint density at radius 1 is 1.47 bits per heavy atom. The van der Waals surface area contributed by atoms with Crippen molar-refractivity contribution in [2.45, 2.75) is 31.9 Å². The average Bonchev–Trinajstić information content (AvgIpc) is 2.46. The molecule has 2 heterocycles. The first-order valence-corrected chi connectivity index (χ1v) is 7.23. The van der Waals surface area contributed by atoms with Crippen molar-refractivity contribution in [2.24, 2.45) is 0 Å². The normalized spacial score (nSPS) is 22.3. The second-order valence-electron chi connectivity index (χ2n) is 5.16. The van der Waals surface area contributed by atoms with Crippen molar-refractivity contribution >= 4 is 0 Å². The van der Waals surface area contributed by atoms with Crippen molar-refractivity contribution in [3.05, 3.63) is 30.1 Å². The standard InChI is InChI=1S/C15H25N3O/c1-3-8-18-9-10-19-15(12-18)14(16-2)11-13-4-6-17-7-5-13/h4-7,14-16H,3,8-12H2,1-2H3. The summed E-state index contributed by atoms with van der Waals surface area (Å²) in [7, 11) is 2.02. The SMILES string of the molecule is CCCN1CCOC(C(Cc2ccncc2)NC)C1. The zero-order chi connectivity index (χ0) is 13.5. The molecule has 0 saturated carbocycles. The zero-order valence-electron chi connectivity index (χ0n) is 12.0. The fourth-order valence-electron chi connectivity index (χ4n) is 2.69. The molecule has 1 aliphatic rings. The Labute approximate surface area is 116 Å². The molecule has 0 spiro atoms. The molecule has 2 unspecified atom stereocenters. The van der Waals surface area contributed by atoms with Gasteiger partial charge in [0.15, 0.2) is 0 Å². The number of hydrogen-bond acceptors (Lipinski definition) is 4. The summed E-state index contributed by atoms with van der Waals surface area (Å²) in [4.78, 5) is 6.57. The summed E-state index contributed by atoms with van der Waals surface area (Å²) in [6.45, 7) is 6.35. The number of nitrogens with one attached hydrogen (secondary N) is 1. The van der Waals surface area contributed by atoms with Gasteiger partial charge in [-0.2, -0.15) is 0 Å². The van der Waals surface area contributed by atoms with Gasteiger partial charge in [0.1, 0.15) is 0 Å². The average molecular weight is 263 g/mol. The molecular formula is C15H25N3O. The van der Waals surface area contributed by atoms with Gasteiger partial charge in [0.2, 0.25) is 0 Å². The number of nitrogens with zero attached hydrogens (tertiary/aromatic N) is 2. The van der Waals surface area contributed by atoms with Crippen molar-refractivity contribution in [2.75, 3.05) is 33.3 Å². The summed E-state index contributed by atoms with van der Waals surface area (Å²) >= 11 is 0. The molecule has 2 rings (SSSR count). The van der Waals surface area contributed by atoms with Crippen LogP contribution in [0.2, 0.25) is 0 Å². The van der Waals surface area contributed by atoms with Crippen LogP contribution in [0.1, 0.15) is 18.9 Å². The maximum absolute atomic E-state index is 5.96. The molecule has 0 bridgehead atoms. The molecular weight excluding hydrogens is 238 g/mol. The number of morpholine rings is 1. The number of hydrogen-bond donors (Lipinski definition) is 1. The van der Waals surface area contributed by atoms with Crippen molar-refractivity contribution in [1.29, 1.82) is 0 Å². The third kappa shape index (κ3) is 4.27. The van der Waals surface area contributed by atoms with Crippen molar-refractivity contribution in [1.82, 2.24) is 15.2 Å². The highest BCUT2D eigenvalue weighted by molar-refractivity contribution is 5.12. The van der Waals surface area contributed by atoms with Gasteiger partial charge in [0.25, 0.3) is 0 Å². The predicted molar refractivity (Wildman–Crippen MR) is 77.3 cm³/mol. The summed E-state index contributed by atoms with van der Waals surface area (Å²) in [5.74, 6) is 0. The van der Waals surface area contributed by atoms with E-state index >= 15 is 0 Å². The topological polar surface area (TPSA) is 37.4 Å². The Morgan fingerprint density at radius 2 is 2.26 bits per heavy atom. The van der Waals surface area contributed by atoms with Crippen LogP contribution in [-0.4, -0.2) is 55.3 Å². The lowest BCUT2D eigenvalue weighted by molar-refractivity contribution is -0.0450.